The molecule has 0 saturated carbocycles. The van der Waals surface area contributed by atoms with E-state index in [1.165, 1.54) is 31.4 Å². The topological polar surface area (TPSA) is 78.6 Å². The van der Waals surface area contributed by atoms with Crippen molar-refractivity contribution >= 4 is 24.3 Å². The number of hydrogen-bond donors (Lipinski definition) is 1. The summed E-state index contributed by atoms with van der Waals surface area (Å²) in [5.41, 5.74) is 6.36. The van der Waals surface area contributed by atoms with Crippen LogP contribution in [0.2, 0.25) is 0 Å². The van der Waals surface area contributed by atoms with Gasteiger partial charge < -0.3 is 15.2 Å². The van der Waals surface area contributed by atoms with E-state index in [0.29, 0.717) is 11.1 Å². The van der Waals surface area contributed by atoms with Crippen molar-refractivity contribution in [2.24, 2.45) is 5.73 Å². The fourth-order valence-corrected chi connectivity index (χ4v) is 1.50. The fraction of sp³-hybridized carbons (Fsp3) is 0.385. The Hall–Kier alpha value is -1.66. The molecule has 0 saturated heterocycles. The van der Waals surface area contributed by atoms with Crippen molar-refractivity contribution < 1.29 is 23.5 Å². The van der Waals surface area contributed by atoms with Crippen LogP contribution in [0.1, 0.15) is 28.9 Å². The second-order valence-corrected chi connectivity index (χ2v) is 3.79. The van der Waals surface area contributed by atoms with Gasteiger partial charge >= 0.3 is 11.9 Å². The van der Waals surface area contributed by atoms with E-state index in [2.05, 4.69) is 9.47 Å². The van der Waals surface area contributed by atoms with Gasteiger partial charge in [0.1, 0.15) is 0 Å². The normalized spacial score (nSPS) is 12.8. The molecule has 0 aliphatic heterocycles. The number of rotatable bonds is 5. The molecule has 0 amide bonds. The lowest BCUT2D eigenvalue weighted by Gasteiger charge is -2.16. The molecule has 1 rings (SSSR count). The third-order valence-electron chi connectivity index (χ3n) is 2.54. The number of esters is 2. The molecule has 0 spiro atoms. The molecule has 2 N–H and O–H groups in total. The number of alkyl halides is 1. The van der Waals surface area contributed by atoms with Crippen LogP contribution >= 0.6 is 12.4 Å². The van der Waals surface area contributed by atoms with Crippen LogP contribution < -0.4 is 5.73 Å². The van der Waals surface area contributed by atoms with Crippen LogP contribution in [0.25, 0.3) is 0 Å². The van der Waals surface area contributed by atoms with Crippen molar-refractivity contribution in [2.45, 2.75) is 19.1 Å². The maximum absolute atomic E-state index is 13.7. The molecule has 20 heavy (non-hydrogen) atoms. The summed E-state index contributed by atoms with van der Waals surface area (Å²) in [6.45, 7) is 1.68. The van der Waals surface area contributed by atoms with Crippen molar-refractivity contribution in [1.29, 1.82) is 0 Å². The van der Waals surface area contributed by atoms with E-state index in [-0.39, 0.29) is 19.0 Å². The fourth-order valence-electron chi connectivity index (χ4n) is 1.50. The molecule has 0 bridgehead atoms. The zero-order chi connectivity index (χ0) is 14.4. The van der Waals surface area contributed by atoms with Gasteiger partial charge in [-0.25, -0.2) is 14.0 Å². The van der Waals surface area contributed by atoms with Crippen LogP contribution in [0.15, 0.2) is 24.3 Å². The molecule has 0 aliphatic rings. The van der Waals surface area contributed by atoms with E-state index >= 15 is 0 Å². The third kappa shape index (κ3) is 4.47. The van der Waals surface area contributed by atoms with Gasteiger partial charge in [-0.15, -0.1) is 12.4 Å². The Labute approximate surface area is 122 Å². The first-order valence-electron chi connectivity index (χ1n) is 5.75. The van der Waals surface area contributed by atoms with Gasteiger partial charge in [0.2, 0.25) is 6.17 Å². The largest absolute Gasteiger partial charge is 0.465 e. The van der Waals surface area contributed by atoms with Crippen molar-refractivity contribution in [3.05, 3.63) is 35.4 Å². The zero-order valence-corrected chi connectivity index (χ0v) is 12.0. The third-order valence-corrected chi connectivity index (χ3v) is 2.54. The van der Waals surface area contributed by atoms with Crippen molar-refractivity contribution in [1.82, 2.24) is 0 Å². The van der Waals surface area contributed by atoms with Gasteiger partial charge in [-0.1, -0.05) is 12.1 Å². The van der Waals surface area contributed by atoms with E-state index in [1.54, 1.807) is 6.92 Å². The Bertz CT molecular complexity index is 452. The van der Waals surface area contributed by atoms with E-state index in [9.17, 15) is 14.0 Å². The van der Waals surface area contributed by atoms with Crippen LogP contribution in [0.3, 0.4) is 0 Å². The van der Waals surface area contributed by atoms with Crippen molar-refractivity contribution in [3.8, 4) is 0 Å². The van der Waals surface area contributed by atoms with Crippen LogP contribution in [-0.4, -0.2) is 31.8 Å². The maximum Gasteiger partial charge on any atom is 0.342 e. The first-order valence-corrected chi connectivity index (χ1v) is 5.75. The molecular weight excluding hydrogens is 289 g/mol. The van der Waals surface area contributed by atoms with Gasteiger partial charge in [-0.05, 0) is 24.6 Å². The number of carbonyl (C=O) groups is 2. The average Bonchev–Trinajstić information content (AvgIpc) is 2.45. The van der Waals surface area contributed by atoms with Gasteiger partial charge in [0.25, 0.3) is 0 Å². The smallest absolute Gasteiger partial charge is 0.342 e. The number of nitrogens with two attached hydrogens (primary N) is 1. The second kappa shape index (κ2) is 8.50. The molecule has 0 radical (unpaired) electrons. The molecule has 0 fully saturated rings. The molecule has 0 heterocycles. The number of ether oxygens (including phenoxy) is 2. The Morgan fingerprint density at radius 2 is 1.85 bits per heavy atom. The van der Waals surface area contributed by atoms with Gasteiger partial charge in [-0.2, -0.15) is 0 Å². The van der Waals surface area contributed by atoms with E-state index in [1.807, 2.05) is 0 Å². The number of carbonyl (C=O) groups excluding carboxylic acids is 2. The predicted octanol–water partition coefficient (Wildman–Crippen LogP) is 1.80. The van der Waals surface area contributed by atoms with Crippen LogP contribution in [0, 0.1) is 0 Å². The quantitative estimate of drug-likeness (QED) is 0.839. The summed E-state index contributed by atoms with van der Waals surface area (Å²) in [6, 6.07) is 4.73. The van der Waals surface area contributed by atoms with Crippen molar-refractivity contribution in [2.75, 3.05) is 13.7 Å². The molecular formula is C13H17ClFNO4. The van der Waals surface area contributed by atoms with Crippen LogP contribution in [-0.2, 0) is 14.3 Å². The Morgan fingerprint density at radius 3 is 2.30 bits per heavy atom. The monoisotopic (exact) mass is 305 g/mol. The molecule has 7 heteroatoms. The SMILES string of the molecule is CCOC(=O)C(F)[C@H](N)c1ccc(C(=O)OC)cc1.Cl. The zero-order valence-electron chi connectivity index (χ0n) is 11.2. The highest BCUT2D eigenvalue weighted by molar-refractivity contribution is 5.89. The summed E-state index contributed by atoms with van der Waals surface area (Å²) in [7, 11) is 1.26. The molecule has 1 unspecified atom stereocenters. The minimum atomic E-state index is -1.94. The van der Waals surface area contributed by atoms with Gasteiger partial charge in [0, 0.05) is 0 Å². The summed E-state index contributed by atoms with van der Waals surface area (Å²) in [5.74, 6) is -1.49. The summed E-state index contributed by atoms with van der Waals surface area (Å²) in [6.07, 6.45) is -1.94. The Kier molecular flexibility index (Phi) is 7.79. The second-order valence-electron chi connectivity index (χ2n) is 3.79. The highest BCUT2D eigenvalue weighted by atomic mass is 35.5. The minimum Gasteiger partial charge on any atom is -0.465 e. The Morgan fingerprint density at radius 1 is 1.30 bits per heavy atom. The number of halogens is 2. The minimum absolute atomic E-state index is 0. The van der Waals surface area contributed by atoms with Gasteiger partial charge in [0.05, 0.1) is 25.3 Å². The van der Waals surface area contributed by atoms with Crippen LogP contribution in [0.4, 0.5) is 4.39 Å². The highest BCUT2D eigenvalue weighted by Gasteiger charge is 2.27. The van der Waals surface area contributed by atoms with E-state index < -0.39 is 24.2 Å². The summed E-state index contributed by atoms with van der Waals surface area (Å²) in [5, 5.41) is 0. The lowest BCUT2D eigenvalue weighted by Crippen LogP contribution is -2.31. The number of hydrogen-bond acceptors (Lipinski definition) is 5. The molecule has 2 atom stereocenters. The number of benzene rings is 1. The molecule has 1 aromatic rings. The average molecular weight is 306 g/mol. The summed E-state index contributed by atoms with van der Waals surface area (Å²) < 4.78 is 22.8. The van der Waals surface area contributed by atoms with Crippen molar-refractivity contribution in [3.63, 3.8) is 0 Å². The first kappa shape index (κ1) is 18.3. The highest BCUT2D eigenvalue weighted by Crippen LogP contribution is 2.19. The molecule has 5 nitrogen and oxygen atoms in total. The summed E-state index contributed by atoms with van der Waals surface area (Å²) in [4.78, 5) is 22.4. The number of methoxy groups -OCH3 is 1. The lowest BCUT2D eigenvalue weighted by molar-refractivity contribution is -0.149. The van der Waals surface area contributed by atoms with Crippen LogP contribution in [0.5, 0.6) is 0 Å². The predicted molar refractivity (Wildman–Crippen MR) is 73.5 cm³/mol. The molecule has 1 aromatic carbocycles. The molecule has 0 aromatic heterocycles. The van der Waals surface area contributed by atoms with Gasteiger partial charge in [-0.3, -0.25) is 0 Å². The molecule has 0 aliphatic carbocycles. The van der Waals surface area contributed by atoms with Gasteiger partial charge in [0.15, 0.2) is 0 Å². The lowest BCUT2D eigenvalue weighted by atomic mass is 10.0. The maximum atomic E-state index is 13.7. The molecule has 112 valence electrons. The first-order chi connectivity index (χ1) is 9.01. The Balaban J connectivity index is 0.00000361. The summed E-state index contributed by atoms with van der Waals surface area (Å²) >= 11 is 0. The standard InChI is InChI=1S/C13H16FNO4.ClH/c1-3-19-13(17)10(14)11(15)8-4-6-9(7-5-8)12(16)18-2;/h4-7,10-11H,3,15H2,1-2H3;1H/t10?,11-;/m1./s1. The van der Waals surface area contributed by atoms with E-state index in [0.717, 1.165) is 0 Å². The van der Waals surface area contributed by atoms with E-state index in [4.69, 9.17) is 5.73 Å².